The number of nitrogens with two attached hydrogens (primary N) is 1. The Morgan fingerprint density at radius 1 is 1.56 bits per heavy atom. The molecule has 0 aliphatic carbocycles. The number of rotatable bonds is 3. The number of imidazole rings is 1. The smallest absolute Gasteiger partial charge is 0.138 e. The first-order valence-electron chi connectivity index (χ1n) is 5.14. The lowest BCUT2D eigenvalue weighted by Crippen LogP contribution is -2.11. The molecule has 1 heterocycles. The summed E-state index contributed by atoms with van der Waals surface area (Å²) >= 11 is 6.09. The van der Waals surface area contributed by atoms with Crippen LogP contribution in [0.2, 0.25) is 5.02 Å². The molecule has 0 bridgehead atoms. The molecule has 1 unspecified atom stereocenters. The number of aliphatic hydroxyl groups is 1. The molecule has 3 N–H and O–H groups in total. The average Bonchev–Trinajstić information content (AvgIpc) is 2.58. The standard InChI is InChI=1S/C11H14ClN3O/c1-15-10-7(12)3-2-4-8(10)14-11(15)9(16)5-6-13/h2-4,9,16H,5-6,13H2,1H3. The van der Waals surface area contributed by atoms with E-state index in [2.05, 4.69) is 4.98 Å². The Morgan fingerprint density at radius 3 is 2.94 bits per heavy atom. The van der Waals surface area contributed by atoms with Crippen LogP contribution in [-0.4, -0.2) is 21.2 Å². The summed E-state index contributed by atoms with van der Waals surface area (Å²) in [5.41, 5.74) is 7.05. The van der Waals surface area contributed by atoms with E-state index in [0.717, 1.165) is 11.0 Å². The van der Waals surface area contributed by atoms with E-state index < -0.39 is 6.10 Å². The van der Waals surface area contributed by atoms with Crippen LogP contribution in [-0.2, 0) is 7.05 Å². The number of fused-ring (bicyclic) bond motifs is 1. The molecule has 1 aromatic heterocycles. The number of hydrogen-bond acceptors (Lipinski definition) is 3. The Bertz CT molecular complexity index is 509. The van der Waals surface area contributed by atoms with Gasteiger partial charge in [-0.2, -0.15) is 0 Å². The lowest BCUT2D eigenvalue weighted by Gasteiger charge is -2.09. The molecule has 0 radical (unpaired) electrons. The fraction of sp³-hybridized carbons (Fsp3) is 0.364. The van der Waals surface area contributed by atoms with Crippen LogP contribution in [0.4, 0.5) is 0 Å². The van der Waals surface area contributed by atoms with Crippen molar-refractivity contribution in [1.82, 2.24) is 9.55 Å². The first-order chi connectivity index (χ1) is 7.65. The largest absolute Gasteiger partial charge is 0.385 e. The molecule has 0 spiro atoms. The minimum atomic E-state index is -0.640. The fourth-order valence-corrected chi connectivity index (χ4v) is 2.12. The predicted octanol–water partition coefficient (Wildman–Crippen LogP) is 1.61. The van der Waals surface area contributed by atoms with Gasteiger partial charge < -0.3 is 15.4 Å². The summed E-state index contributed by atoms with van der Waals surface area (Å²) in [5, 5.41) is 10.5. The quantitative estimate of drug-likeness (QED) is 0.855. The van der Waals surface area contributed by atoms with Gasteiger partial charge in [-0.15, -0.1) is 0 Å². The molecule has 5 heteroatoms. The second-order valence-corrected chi connectivity index (χ2v) is 4.14. The highest BCUT2D eigenvalue weighted by molar-refractivity contribution is 6.35. The Labute approximate surface area is 98.6 Å². The number of benzene rings is 1. The highest BCUT2D eigenvalue weighted by Gasteiger charge is 2.16. The van der Waals surface area contributed by atoms with E-state index in [9.17, 15) is 5.11 Å². The minimum absolute atomic E-state index is 0.429. The van der Waals surface area contributed by atoms with Crippen molar-refractivity contribution in [2.75, 3.05) is 6.54 Å². The van der Waals surface area contributed by atoms with Crippen LogP contribution in [0, 0.1) is 0 Å². The van der Waals surface area contributed by atoms with Gasteiger partial charge in [0.1, 0.15) is 11.9 Å². The van der Waals surface area contributed by atoms with Crippen LogP contribution in [0.5, 0.6) is 0 Å². The maximum absolute atomic E-state index is 9.89. The Morgan fingerprint density at radius 2 is 2.31 bits per heavy atom. The van der Waals surface area contributed by atoms with Gasteiger partial charge in [0, 0.05) is 7.05 Å². The summed E-state index contributed by atoms with van der Waals surface area (Å²) in [7, 11) is 1.84. The van der Waals surface area contributed by atoms with Gasteiger partial charge in [-0.1, -0.05) is 17.7 Å². The Balaban J connectivity index is 2.56. The number of aliphatic hydroxyl groups excluding tert-OH is 1. The molecule has 0 saturated heterocycles. The first-order valence-corrected chi connectivity index (χ1v) is 5.52. The molecule has 86 valence electrons. The van der Waals surface area contributed by atoms with Crippen LogP contribution in [0.3, 0.4) is 0 Å². The van der Waals surface area contributed by atoms with Crippen molar-refractivity contribution in [2.24, 2.45) is 12.8 Å². The maximum atomic E-state index is 9.89. The van der Waals surface area contributed by atoms with Gasteiger partial charge in [0.25, 0.3) is 0 Å². The maximum Gasteiger partial charge on any atom is 0.138 e. The van der Waals surface area contributed by atoms with Crippen molar-refractivity contribution in [3.63, 3.8) is 0 Å². The van der Waals surface area contributed by atoms with Crippen LogP contribution in [0.15, 0.2) is 18.2 Å². The predicted molar refractivity (Wildman–Crippen MR) is 64.4 cm³/mol. The van der Waals surface area contributed by atoms with Crippen molar-refractivity contribution in [2.45, 2.75) is 12.5 Å². The van der Waals surface area contributed by atoms with Crippen molar-refractivity contribution in [3.8, 4) is 0 Å². The molecule has 2 rings (SSSR count). The summed E-state index contributed by atoms with van der Waals surface area (Å²) in [5.74, 6) is 0.605. The molecule has 1 aromatic carbocycles. The molecule has 0 aliphatic rings. The molecular weight excluding hydrogens is 226 g/mol. The van der Waals surface area contributed by atoms with E-state index in [-0.39, 0.29) is 0 Å². The molecule has 0 saturated carbocycles. The van der Waals surface area contributed by atoms with Crippen molar-refractivity contribution in [1.29, 1.82) is 0 Å². The van der Waals surface area contributed by atoms with Crippen LogP contribution < -0.4 is 5.73 Å². The molecule has 4 nitrogen and oxygen atoms in total. The van der Waals surface area contributed by atoms with E-state index >= 15 is 0 Å². The van der Waals surface area contributed by atoms with E-state index in [0.29, 0.717) is 23.8 Å². The van der Waals surface area contributed by atoms with Crippen LogP contribution in [0.1, 0.15) is 18.3 Å². The lowest BCUT2D eigenvalue weighted by molar-refractivity contribution is 0.157. The van der Waals surface area contributed by atoms with Gasteiger partial charge in [0.2, 0.25) is 0 Å². The fourth-order valence-electron chi connectivity index (χ4n) is 1.82. The van der Waals surface area contributed by atoms with E-state index in [1.54, 1.807) is 0 Å². The zero-order chi connectivity index (χ0) is 11.7. The summed E-state index contributed by atoms with van der Waals surface area (Å²) in [6.07, 6.45) is -0.145. The summed E-state index contributed by atoms with van der Waals surface area (Å²) < 4.78 is 1.82. The SMILES string of the molecule is Cn1c(C(O)CCN)nc2cccc(Cl)c21. The molecule has 0 aliphatic heterocycles. The Hall–Kier alpha value is -1.10. The zero-order valence-electron chi connectivity index (χ0n) is 9.02. The van der Waals surface area contributed by atoms with Crippen LogP contribution in [0.25, 0.3) is 11.0 Å². The van der Waals surface area contributed by atoms with Crippen molar-refractivity contribution in [3.05, 3.63) is 29.0 Å². The third-order valence-electron chi connectivity index (χ3n) is 2.62. The van der Waals surface area contributed by atoms with Crippen molar-refractivity contribution < 1.29 is 5.11 Å². The highest BCUT2D eigenvalue weighted by atomic mass is 35.5. The number of aromatic nitrogens is 2. The van der Waals surface area contributed by atoms with E-state index in [1.165, 1.54) is 0 Å². The third-order valence-corrected chi connectivity index (χ3v) is 2.92. The van der Waals surface area contributed by atoms with Crippen LogP contribution >= 0.6 is 11.6 Å². The molecule has 0 amide bonds. The number of nitrogens with zero attached hydrogens (tertiary/aromatic N) is 2. The topological polar surface area (TPSA) is 64.1 Å². The molecule has 16 heavy (non-hydrogen) atoms. The van der Waals surface area contributed by atoms with Crippen molar-refractivity contribution >= 4 is 22.6 Å². The summed E-state index contributed by atoms with van der Waals surface area (Å²) in [4.78, 5) is 4.36. The Kier molecular flexibility index (Phi) is 3.14. The molecule has 0 fully saturated rings. The van der Waals surface area contributed by atoms with E-state index in [1.807, 2.05) is 29.8 Å². The summed E-state index contributed by atoms with van der Waals surface area (Å²) in [6, 6.07) is 5.53. The lowest BCUT2D eigenvalue weighted by atomic mass is 10.2. The number of hydrogen-bond donors (Lipinski definition) is 2. The van der Waals surface area contributed by atoms with E-state index in [4.69, 9.17) is 17.3 Å². The molecular formula is C11H14ClN3O. The second kappa shape index (κ2) is 4.41. The highest BCUT2D eigenvalue weighted by Crippen LogP contribution is 2.26. The average molecular weight is 240 g/mol. The first kappa shape index (κ1) is 11.4. The molecule has 1 atom stereocenters. The summed E-state index contributed by atoms with van der Waals surface area (Å²) in [6.45, 7) is 0.429. The second-order valence-electron chi connectivity index (χ2n) is 3.73. The number of aryl methyl sites for hydroxylation is 1. The third kappa shape index (κ3) is 1.80. The van der Waals surface area contributed by atoms with Gasteiger partial charge in [0.15, 0.2) is 0 Å². The molecule has 2 aromatic rings. The van der Waals surface area contributed by atoms with Gasteiger partial charge in [-0.25, -0.2) is 4.98 Å². The van der Waals surface area contributed by atoms with Gasteiger partial charge in [-0.05, 0) is 25.1 Å². The van der Waals surface area contributed by atoms with Gasteiger partial charge in [-0.3, -0.25) is 0 Å². The van der Waals surface area contributed by atoms with Gasteiger partial charge in [0.05, 0.1) is 16.1 Å². The number of para-hydroxylation sites is 1. The minimum Gasteiger partial charge on any atom is -0.385 e. The monoisotopic (exact) mass is 239 g/mol. The van der Waals surface area contributed by atoms with Gasteiger partial charge >= 0.3 is 0 Å². The zero-order valence-corrected chi connectivity index (χ0v) is 9.78. The normalized spacial score (nSPS) is 13.2. The number of halogens is 1.